The molecule has 2 aliphatic rings. The van der Waals surface area contributed by atoms with Gasteiger partial charge in [0.2, 0.25) is 5.91 Å². The summed E-state index contributed by atoms with van der Waals surface area (Å²) in [6, 6.07) is 15.8. The molecule has 0 spiro atoms. The Hall–Kier alpha value is -3.46. The molecule has 2 N–H and O–H groups in total. The molecular weight excluding hydrogens is 448 g/mol. The van der Waals surface area contributed by atoms with Crippen molar-refractivity contribution < 1.29 is 9.90 Å². The number of hydrogen-bond acceptors (Lipinski definition) is 6. The van der Waals surface area contributed by atoms with Crippen LogP contribution in [-0.2, 0) is 4.79 Å². The number of carbonyl (C=O) groups is 1. The number of aromatic amines is 1. The first-order valence-electron chi connectivity index (χ1n) is 11.6. The number of hydrogen-bond donors (Lipinski definition) is 2. The average Bonchev–Trinajstić information content (AvgIpc) is 3.48. The first-order valence-corrected chi connectivity index (χ1v) is 12.6. The van der Waals surface area contributed by atoms with Gasteiger partial charge >= 0.3 is 0 Å². The zero-order valence-electron chi connectivity index (χ0n) is 18.7. The molecule has 6 rings (SSSR count). The molecule has 0 radical (unpaired) electrons. The van der Waals surface area contributed by atoms with Gasteiger partial charge in [0, 0.05) is 60.6 Å². The molecule has 1 saturated carbocycles. The van der Waals surface area contributed by atoms with E-state index in [-0.39, 0.29) is 11.7 Å². The minimum Gasteiger partial charge on any atom is -0.508 e. The van der Waals surface area contributed by atoms with Gasteiger partial charge in [-0.25, -0.2) is 0 Å². The Bertz CT molecular complexity index is 1320. The second-order valence-corrected chi connectivity index (χ2v) is 9.77. The van der Waals surface area contributed by atoms with Gasteiger partial charge in [0.15, 0.2) is 11.0 Å². The van der Waals surface area contributed by atoms with Crippen LogP contribution in [0.25, 0.3) is 22.3 Å². The van der Waals surface area contributed by atoms with Gasteiger partial charge < -0.3 is 19.9 Å². The number of carbonyl (C=O) groups excluding carboxylic acids is 1. The van der Waals surface area contributed by atoms with Crippen molar-refractivity contribution in [3.8, 4) is 17.1 Å². The van der Waals surface area contributed by atoms with E-state index in [9.17, 15) is 9.90 Å². The lowest BCUT2D eigenvalue weighted by Crippen LogP contribution is -2.49. The highest BCUT2D eigenvalue weighted by atomic mass is 32.2. The summed E-state index contributed by atoms with van der Waals surface area (Å²) in [5.41, 5.74) is 3.21. The minimum atomic E-state index is 0.134. The van der Waals surface area contributed by atoms with Gasteiger partial charge in [-0.2, -0.15) is 0 Å². The van der Waals surface area contributed by atoms with Crippen molar-refractivity contribution >= 4 is 34.3 Å². The maximum absolute atomic E-state index is 13.0. The Morgan fingerprint density at radius 3 is 2.56 bits per heavy atom. The summed E-state index contributed by atoms with van der Waals surface area (Å²) in [6.07, 6.45) is 4.24. The molecule has 2 aromatic carbocycles. The number of phenolic OH excluding ortho intramolecular Hbond substituents is 1. The van der Waals surface area contributed by atoms with Crippen LogP contribution in [0.15, 0.2) is 59.9 Å². The molecule has 9 heteroatoms. The van der Waals surface area contributed by atoms with Crippen LogP contribution < -0.4 is 4.90 Å². The molecule has 4 aromatic rings. The SMILES string of the molecule is O=C(CSc1nnc(-c2c[nH]c3ccccc23)n1C1CC1)N1CCN(c2ccc(O)cc2)CC1. The van der Waals surface area contributed by atoms with Gasteiger partial charge in [-0.05, 0) is 43.2 Å². The Morgan fingerprint density at radius 2 is 1.79 bits per heavy atom. The highest BCUT2D eigenvalue weighted by molar-refractivity contribution is 7.99. The summed E-state index contributed by atoms with van der Waals surface area (Å²) in [5.74, 6) is 1.63. The van der Waals surface area contributed by atoms with Crippen LogP contribution >= 0.6 is 11.8 Å². The largest absolute Gasteiger partial charge is 0.508 e. The number of H-pyrrole nitrogens is 1. The number of nitrogens with zero attached hydrogens (tertiary/aromatic N) is 5. The zero-order valence-corrected chi connectivity index (χ0v) is 19.5. The molecular formula is C25H26N6O2S. The van der Waals surface area contributed by atoms with E-state index in [1.165, 1.54) is 11.8 Å². The number of thioether (sulfide) groups is 1. The summed E-state index contributed by atoms with van der Waals surface area (Å²) in [5, 5.41) is 20.5. The molecule has 34 heavy (non-hydrogen) atoms. The Morgan fingerprint density at radius 1 is 1.03 bits per heavy atom. The van der Waals surface area contributed by atoms with Crippen LogP contribution in [0, 0.1) is 0 Å². The number of nitrogens with one attached hydrogen (secondary N) is 1. The van der Waals surface area contributed by atoms with Crippen molar-refractivity contribution in [2.75, 3.05) is 36.8 Å². The maximum Gasteiger partial charge on any atom is 0.233 e. The van der Waals surface area contributed by atoms with Crippen LogP contribution in [0.2, 0.25) is 0 Å². The Labute approximate surface area is 201 Å². The first-order chi connectivity index (χ1) is 16.7. The van der Waals surface area contributed by atoms with Crippen LogP contribution in [0.5, 0.6) is 5.75 Å². The van der Waals surface area contributed by atoms with E-state index in [1.54, 1.807) is 12.1 Å². The third-order valence-electron chi connectivity index (χ3n) is 6.58. The molecule has 0 atom stereocenters. The van der Waals surface area contributed by atoms with E-state index in [0.717, 1.165) is 59.1 Å². The number of amides is 1. The number of anilines is 1. The highest BCUT2D eigenvalue weighted by Gasteiger charge is 2.31. The first kappa shape index (κ1) is 21.1. The fraction of sp³-hybridized carbons (Fsp3) is 0.320. The van der Waals surface area contributed by atoms with Crippen molar-refractivity contribution in [1.29, 1.82) is 0 Å². The molecule has 174 valence electrons. The topological polar surface area (TPSA) is 90.3 Å². The molecule has 8 nitrogen and oxygen atoms in total. The summed E-state index contributed by atoms with van der Waals surface area (Å²) in [6.45, 7) is 2.95. The lowest BCUT2D eigenvalue weighted by atomic mass is 10.1. The van der Waals surface area contributed by atoms with Crippen LogP contribution in [-0.4, -0.2) is 67.6 Å². The molecule has 1 aliphatic carbocycles. The van der Waals surface area contributed by atoms with Crippen LogP contribution in [0.4, 0.5) is 5.69 Å². The third-order valence-corrected chi connectivity index (χ3v) is 7.51. The van der Waals surface area contributed by atoms with E-state index in [2.05, 4.69) is 36.8 Å². The molecule has 1 aliphatic heterocycles. The summed E-state index contributed by atoms with van der Waals surface area (Å²) in [4.78, 5) is 20.5. The number of aromatic hydroxyl groups is 1. The van der Waals surface area contributed by atoms with E-state index >= 15 is 0 Å². The molecule has 1 amide bonds. The summed E-state index contributed by atoms with van der Waals surface area (Å²) >= 11 is 1.49. The monoisotopic (exact) mass is 474 g/mol. The second kappa shape index (κ2) is 8.72. The van der Waals surface area contributed by atoms with Gasteiger partial charge in [0.25, 0.3) is 0 Å². The molecule has 2 aromatic heterocycles. The third kappa shape index (κ3) is 4.00. The predicted octanol–water partition coefficient (Wildman–Crippen LogP) is 3.91. The van der Waals surface area contributed by atoms with Crippen molar-refractivity contribution in [3.05, 3.63) is 54.7 Å². The fourth-order valence-electron chi connectivity index (χ4n) is 4.57. The van der Waals surface area contributed by atoms with E-state index in [4.69, 9.17) is 0 Å². The molecule has 0 unspecified atom stereocenters. The van der Waals surface area contributed by atoms with Crippen LogP contribution in [0.1, 0.15) is 18.9 Å². The number of aromatic nitrogens is 4. The number of benzene rings is 2. The van der Waals surface area contributed by atoms with Crippen molar-refractivity contribution in [2.24, 2.45) is 0 Å². The van der Waals surface area contributed by atoms with E-state index in [0.29, 0.717) is 24.9 Å². The Kier molecular flexibility index (Phi) is 5.41. The number of fused-ring (bicyclic) bond motifs is 1. The zero-order chi connectivity index (χ0) is 23.1. The normalized spacial score (nSPS) is 16.4. The highest BCUT2D eigenvalue weighted by Crippen LogP contribution is 2.42. The van der Waals surface area contributed by atoms with Gasteiger partial charge in [0.1, 0.15) is 5.75 Å². The van der Waals surface area contributed by atoms with Gasteiger partial charge in [-0.1, -0.05) is 30.0 Å². The summed E-state index contributed by atoms with van der Waals surface area (Å²) < 4.78 is 2.22. The predicted molar refractivity (Wildman–Crippen MR) is 133 cm³/mol. The fourth-order valence-corrected chi connectivity index (χ4v) is 5.48. The van der Waals surface area contributed by atoms with Gasteiger partial charge in [-0.3, -0.25) is 9.36 Å². The average molecular weight is 475 g/mol. The van der Waals surface area contributed by atoms with Gasteiger partial charge in [-0.15, -0.1) is 10.2 Å². The number of para-hydroxylation sites is 1. The smallest absolute Gasteiger partial charge is 0.233 e. The summed E-state index contributed by atoms with van der Waals surface area (Å²) in [7, 11) is 0. The Balaban J connectivity index is 1.12. The van der Waals surface area contributed by atoms with Crippen LogP contribution in [0.3, 0.4) is 0 Å². The van der Waals surface area contributed by atoms with E-state index < -0.39 is 0 Å². The number of rotatable bonds is 6. The van der Waals surface area contributed by atoms with Crippen molar-refractivity contribution in [3.63, 3.8) is 0 Å². The maximum atomic E-state index is 13.0. The molecule has 0 bridgehead atoms. The van der Waals surface area contributed by atoms with Crippen molar-refractivity contribution in [1.82, 2.24) is 24.6 Å². The minimum absolute atomic E-state index is 0.134. The van der Waals surface area contributed by atoms with Crippen molar-refractivity contribution in [2.45, 2.75) is 24.0 Å². The quantitative estimate of drug-likeness (QED) is 0.412. The number of piperazine rings is 1. The molecule has 1 saturated heterocycles. The lowest BCUT2D eigenvalue weighted by molar-refractivity contribution is -0.128. The molecule has 3 heterocycles. The lowest BCUT2D eigenvalue weighted by Gasteiger charge is -2.36. The standard InChI is InChI=1S/C25H26N6O2S/c32-19-9-7-17(8-10-19)29-11-13-30(14-12-29)23(33)16-34-25-28-27-24(31(25)18-5-6-18)21-15-26-22-4-2-1-3-20(21)22/h1-4,7-10,15,18,26,32H,5-6,11-14,16H2. The molecule has 2 fully saturated rings. The second-order valence-electron chi connectivity index (χ2n) is 8.83. The van der Waals surface area contributed by atoms with Gasteiger partial charge in [0.05, 0.1) is 5.75 Å². The van der Waals surface area contributed by atoms with E-state index in [1.807, 2.05) is 35.4 Å². The number of phenols is 1.